The highest BCUT2D eigenvalue weighted by molar-refractivity contribution is 6.39. The van der Waals surface area contributed by atoms with Crippen LogP contribution in [-0.2, 0) is 0 Å². The molecule has 0 aliphatic heterocycles. The molecule has 0 aliphatic rings. The number of nitriles is 1. The molecule has 27 heavy (non-hydrogen) atoms. The summed E-state index contributed by atoms with van der Waals surface area (Å²) in [7, 11) is 0. The lowest BCUT2D eigenvalue weighted by Crippen LogP contribution is -1.96. The van der Waals surface area contributed by atoms with E-state index < -0.39 is 0 Å². The molecule has 0 unspecified atom stereocenters. The molecule has 0 radical (unpaired) electrons. The quantitative estimate of drug-likeness (QED) is 0.495. The zero-order valence-corrected chi connectivity index (χ0v) is 15.6. The largest absolute Gasteiger partial charge is 0.338 e. The molecule has 132 valence electrons. The van der Waals surface area contributed by atoms with E-state index in [1.165, 1.54) is 0 Å². The van der Waals surface area contributed by atoms with Gasteiger partial charge >= 0.3 is 0 Å². The highest BCUT2D eigenvalue weighted by Crippen LogP contribution is 2.36. The first-order chi connectivity index (χ1) is 13.0. The average Bonchev–Trinajstić information content (AvgIpc) is 3.07. The van der Waals surface area contributed by atoms with E-state index in [0.717, 1.165) is 11.1 Å². The van der Waals surface area contributed by atoms with Gasteiger partial charge in [0.25, 0.3) is 0 Å². The Balaban J connectivity index is 1.80. The number of nitrogens with one attached hydrogen (secondary N) is 2. The Labute approximate surface area is 164 Å². The zero-order valence-electron chi connectivity index (χ0n) is 14.1. The van der Waals surface area contributed by atoms with Crippen molar-refractivity contribution in [3.63, 3.8) is 0 Å². The summed E-state index contributed by atoms with van der Waals surface area (Å²) in [5.41, 5.74) is 3.39. The maximum absolute atomic E-state index is 9.04. The van der Waals surface area contributed by atoms with Crippen LogP contribution in [0.2, 0.25) is 10.0 Å². The number of aryl methyl sites for hydroxylation is 1. The van der Waals surface area contributed by atoms with Gasteiger partial charge in [0.1, 0.15) is 17.2 Å². The van der Waals surface area contributed by atoms with E-state index in [0.29, 0.717) is 44.1 Å². The van der Waals surface area contributed by atoms with Gasteiger partial charge in [0.15, 0.2) is 5.82 Å². The Morgan fingerprint density at radius 2 is 1.89 bits per heavy atom. The summed E-state index contributed by atoms with van der Waals surface area (Å²) in [5.74, 6) is 1.73. The number of pyridine rings is 2. The van der Waals surface area contributed by atoms with Gasteiger partial charge in [-0.3, -0.25) is 0 Å². The second-order valence-corrected chi connectivity index (χ2v) is 6.73. The minimum atomic E-state index is 0.348. The van der Waals surface area contributed by atoms with E-state index >= 15 is 0 Å². The lowest BCUT2D eigenvalue weighted by atomic mass is 10.1. The van der Waals surface area contributed by atoms with E-state index in [2.05, 4.69) is 25.3 Å². The van der Waals surface area contributed by atoms with Crippen molar-refractivity contribution in [2.24, 2.45) is 0 Å². The SMILES string of the molecule is Cc1ccc(Nc2nccc3[nH]c(-c4c(Cl)cc(C#N)cc4Cl)nc23)nc1. The molecule has 1 aromatic carbocycles. The van der Waals surface area contributed by atoms with E-state index in [4.69, 9.17) is 28.5 Å². The second kappa shape index (κ2) is 6.88. The number of aromatic nitrogens is 4. The molecule has 0 fully saturated rings. The summed E-state index contributed by atoms with van der Waals surface area (Å²) < 4.78 is 0. The molecule has 0 amide bonds. The van der Waals surface area contributed by atoms with Gasteiger partial charge in [-0.25, -0.2) is 15.0 Å². The predicted octanol–water partition coefficient (Wildman–Crippen LogP) is 5.25. The Bertz CT molecular complexity index is 1170. The fourth-order valence-electron chi connectivity index (χ4n) is 2.67. The number of hydrogen-bond acceptors (Lipinski definition) is 5. The number of hydrogen-bond donors (Lipinski definition) is 2. The summed E-state index contributed by atoms with van der Waals surface area (Å²) in [5, 5.41) is 12.9. The van der Waals surface area contributed by atoms with Crippen LogP contribution >= 0.6 is 23.2 Å². The summed E-state index contributed by atoms with van der Waals surface area (Å²) in [6.45, 7) is 1.97. The molecule has 8 heteroatoms. The molecule has 4 rings (SSSR count). The first-order valence-corrected chi connectivity index (χ1v) is 8.74. The van der Waals surface area contributed by atoms with Gasteiger partial charge < -0.3 is 10.3 Å². The van der Waals surface area contributed by atoms with Gasteiger partial charge in [0.05, 0.1) is 32.8 Å². The van der Waals surface area contributed by atoms with Crippen LogP contribution < -0.4 is 5.32 Å². The Hall–Kier alpha value is -3.14. The van der Waals surface area contributed by atoms with E-state index in [-0.39, 0.29) is 0 Å². The van der Waals surface area contributed by atoms with Crippen LogP contribution in [0.1, 0.15) is 11.1 Å². The average molecular weight is 395 g/mol. The minimum absolute atomic E-state index is 0.348. The molecule has 3 aromatic heterocycles. The molecule has 3 heterocycles. The van der Waals surface area contributed by atoms with Crippen LogP contribution in [0.5, 0.6) is 0 Å². The Morgan fingerprint density at radius 3 is 2.56 bits per heavy atom. The van der Waals surface area contributed by atoms with Crippen LogP contribution in [0, 0.1) is 18.3 Å². The summed E-state index contributed by atoms with van der Waals surface area (Å²) in [6, 6.07) is 10.8. The minimum Gasteiger partial charge on any atom is -0.338 e. The highest BCUT2D eigenvalue weighted by atomic mass is 35.5. The topological polar surface area (TPSA) is 90.3 Å². The molecule has 0 saturated heterocycles. The van der Waals surface area contributed by atoms with E-state index in [1.54, 1.807) is 24.5 Å². The first-order valence-electron chi connectivity index (χ1n) is 7.99. The number of anilines is 2. The monoisotopic (exact) mass is 394 g/mol. The molecule has 0 atom stereocenters. The fourth-order valence-corrected chi connectivity index (χ4v) is 3.34. The Morgan fingerprint density at radius 1 is 1.11 bits per heavy atom. The zero-order chi connectivity index (χ0) is 19.0. The fraction of sp³-hybridized carbons (Fsp3) is 0.0526. The van der Waals surface area contributed by atoms with Crippen LogP contribution in [0.25, 0.3) is 22.4 Å². The molecule has 2 N–H and O–H groups in total. The van der Waals surface area contributed by atoms with Crippen molar-refractivity contribution in [3.05, 3.63) is 63.9 Å². The molecular weight excluding hydrogens is 383 g/mol. The lowest BCUT2D eigenvalue weighted by Gasteiger charge is -2.05. The third-order valence-corrected chi connectivity index (χ3v) is 4.56. The molecular formula is C19H12Cl2N6. The van der Waals surface area contributed by atoms with Crippen molar-refractivity contribution in [2.45, 2.75) is 6.92 Å². The van der Waals surface area contributed by atoms with Gasteiger partial charge in [0, 0.05) is 12.4 Å². The first kappa shape index (κ1) is 17.3. The Kier molecular flexibility index (Phi) is 4.40. The molecule has 6 nitrogen and oxygen atoms in total. The number of imidazole rings is 1. The van der Waals surface area contributed by atoms with Gasteiger partial charge in [-0.2, -0.15) is 5.26 Å². The van der Waals surface area contributed by atoms with Crippen molar-refractivity contribution < 1.29 is 0 Å². The normalized spacial score (nSPS) is 10.7. The highest BCUT2D eigenvalue weighted by Gasteiger charge is 2.16. The van der Waals surface area contributed by atoms with E-state index in [9.17, 15) is 0 Å². The number of rotatable bonds is 3. The van der Waals surface area contributed by atoms with Crippen LogP contribution in [0.15, 0.2) is 42.7 Å². The predicted molar refractivity (Wildman–Crippen MR) is 106 cm³/mol. The molecule has 0 aliphatic carbocycles. The lowest BCUT2D eigenvalue weighted by molar-refractivity contribution is 1.23. The van der Waals surface area contributed by atoms with Crippen molar-refractivity contribution >= 4 is 45.9 Å². The maximum Gasteiger partial charge on any atom is 0.159 e. The second-order valence-electron chi connectivity index (χ2n) is 5.91. The summed E-state index contributed by atoms with van der Waals surface area (Å²) >= 11 is 12.6. The van der Waals surface area contributed by atoms with Crippen LogP contribution in [-0.4, -0.2) is 19.9 Å². The number of halogens is 2. The number of nitrogens with zero attached hydrogens (tertiary/aromatic N) is 4. The van der Waals surface area contributed by atoms with Crippen LogP contribution in [0.3, 0.4) is 0 Å². The molecule has 0 spiro atoms. The smallest absolute Gasteiger partial charge is 0.159 e. The molecule has 4 aromatic rings. The van der Waals surface area contributed by atoms with Gasteiger partial charge in [-0.05, 0) is 36.8 Å². The van der Waals surface area contributed by atoms with Crippen LogP contribution in [0.4, 0.5) is 11.6 Å². The molecule has 0 bridgehead atoms. The third-order valence-electron chi connectivity index (χ3n) is 3.97. The standard InChI is InChI=1S/C19H12Cl2N6/c1-10-2-3-15(24-9-10)26-19-17-14(4-5-23-19)25-18(27-17)16-12(20)6-11(8-22)7-13(16)21/h2-7,9H,1H3,(H,25,27)(H,23,24,26). The van der Waals surface area contributed by atoms with E-state index in [1.807, 2.05) is 31.2 Å². The number of benzene rings is 1. The van der Waals surface area contributed by atoms with Gasteiger partial charge in [-0.15, -0.1) is 0 Å². The van der Waals surface area contributed by atoms with Crippen molar-refractivity contribution in [2.75, 3.05) is 5.32 Å². The summed E-state index contributed by atoms with van der Waals surface area (Å²) in [4.78, 5) is 16.5. The molecule has 0 saturated carbocycles. The van der Waals surface area contributed by atoms with Crippen molar-refractivity contribution in [1.82, 2.24) is 19.9 Å². The van der Waals surface area contributed by atoms with Crippen molar-refractivity contribution in [1.29, 1.82) is 5.26 Å². The van der Waals surface area contributed by atoms with Gasteiger partial charge in [0.2, 0.25) is 0 Å². The van der Waals surface area contributed by atoms with Crippen molar-refractivity contribution in [3.8, 4) is 17.5 Å². The number of aromatic amines is 1. The van der Waals surface area contributed by atoms with Gasteiger partial charge in [-0.1, -0.05) is 29.3 Å². The number of fused-ring (bicyclic) bond motifs is 1. The number of H-pyrrole nitrogens is 1. The summed E-state index contributed by atoms with van der Waals surface area (Å²) in [6.07, 6.45) is 3.44. The maximum atomic E-state index is 9.04. The third kappa shape index (κ3) is 3.31.